The van der Waals surface area contributed by atoms with E-state index in [2.05, 4.69) is 23.2 Å². The van der Waals surface area contributed by atoms with Gasteiger partial charge in [0.05, 0.1) is 11.6 Å². The molecule has 4 heteroatoms. The van der Waals surface area contributed by atoms with Gasteiger partial charge in [0.15, 0.2) is 5.65 Å². The van der Waals surface area contributed by atoms with Crippen LogP contribution in [0, 0.1) is 11.3 Å². The molecule has 2 rings (SSSR count). The van der Waals surface area contributed by atoms with Gasteiger partial charge in [-0.2, -0.15) is 5.26 Å². The minimum Gasteiger partial charge on any atom is -0.286 e. The summed E-state index contributed by atoms with van der Waals surface area (Å²) in [6.07, 6.45) is 6.37. The molecule has 0 radical (unpaired) electrons. The second-order valence-electron chi connectivity index (χ2n) is 3.83. The third kappa shape index (κ3) is 2.03. The highest BCUT2D eigenvalue weighted by molar-refractivity contribution is 5.45. The number of fused-ring (bicyclic) bond motifs is 1. The summed E-state index contributed by atoms with van der Waals surface area (Å²) in [7, 11) is 0. The topological polar surface area (TPSA) is 54.0 Å². The van der Waals surface area contributed by atoms with E-state index in [1.54, 1.807) is 12.1 Å². The van der Waals surface area contributed by atoms with Gasteiger partial charge in [0.2, 0.25) is 0 Å². The predicted molar refractivity (Wildman–Crippen MR) is 60.9 cm³/mol. The molecule has 0 aliphatic heterocycles. The molecule has 0 atom stereocenters. The Kier molecular flexibility index (Phi) is 3.16. The van der Waals surface area contributed by atoms with Crippen LogP contribution in [0.25, 0.3) is 5.65 Å². The second-order valence-corrected chi connectivity index (χ2v) is 3.83. The van der Waals surface area contributed by atoms with Crippen molar-refractivity contribution in [2.24, 2.45) is 0 Å². The van der Waals surface area contributed by atoms with Gasteiger partial charge in [-0.05, 0) is 12.5 Å². The van der Waals surface area contributed by atoms with Crippen molar-refractivity contribution in [2.45, 2.75) is 32.6 Å². The molecule has 4 nitrogen and oxygen atoms in total. The molecule has 0 saturated carbocycles. The third-order valence-electron chi connectivity index (χ3n) is 2.61. The van der Waals surface area contributed by atoms with Crippen LogP contribution in [-0.2, 0) is 6.42 Å². The third-order valence-corrected chi connectivity index (χ3v) is 2.61. The number of unbranched alkanes of at least 4 members (excludes halogenated alkanes) is 2. The SMILES string of the molecule is CCCCCc1nnc2cc(C#N)ccn12. The van der Waals surface area contributed by atoms with Gasteiger partial charge in [0.1, 0.15) is 5.82 Å². The molecule has 16 heavy (non-hydrogen) atoms. The van der Waals surface area contributed by atoms with Crippen LogP contribution in [0.5, 0.6) is 0 Å². The Bertz CT molecular complexity index is 521. The summed E-state index contributed by atoms with van der Waals surface area (Å²) in [6, 6.07) is 5.65. The highest BCUT2D eigenvalue weighted by Crippen LogP contribution is 2.09. The van der Waals surface area contributed by atoms with Gasteiger partial charge in [-0.3, -0.25) is 4.40 Å². The second kappa shape index (κ2) is 4.75. The summed E-state index contributed by atoms with van der Waals surface area (Å²) >= 11 is 0. The molecular weight excluding hydrogens is 200 g/mol. The van der Waals surface area contributed by atoms with E-state index in [1.165, 1.54) is 12.8 Å². The summed E-state index contributed by atoms with van der Waals surface area (Å²) < 4.78 is 1.95. The maximum Gasteiger partial charge on any atom is 0.162 e. The molecule has 0 saturated heterocycles. The van der Waals surface area contributed by atoms with E-state index in [4.69, 9.17) is 5.26 Å². The molecule has 0 spiro atoms. The van der Waals surface area contributed by atoms with E-state index in [-0.39, 0.29) is 0 Å². The molecule has 0 amide bonds. The van der Waals surface area contributed by atoms with Crippen molar-refractivity contribution < 1.29 is 0 Å². The Hall–Kier alpha value is -1.89. The van der Waals surface area contributed by atoms with Gasteiger partial charge in [-0.25, -0.2) is 0 Å². The van der Waals surface area contributed by atoms with Crippen LogP contribution in [0.2, 0.25) is 0 Å². The summed E-state index contributed by atoms with van der Waals surface area (Å²) in [6.45, 7) is 2.18. The lowest BCUT2D eigenvalue weighted by atomic mass is 10.2. The lowest BCUT2D eigenvalue weighted by Gasteiger charge is -1.98. The molecule has 0 N–H and O–H groups in total. The van der Waals surface area contributed by atoms with Gasteiger partial charge < -0.3 is 0 Å². The molecule has 0 fully saturated rings. The maximum atomic E-state index is 8.77. The monoisotopic (exact) mass is 214 g/mol. The Balaban J connectivity index is 2.25. The van der Waals surface area contributed by atoms with Crippen LogP contribution >= 0.6 is 0 Å². The fourth-order valence-electron chi connectivity index (χ4n) is 1.71. The summed E-state index contributed by atoms with van der Waals surface area (Å²) in [5.74, 6) is 0.980. The highest BCUT2D eigenvalue weighted by atomic mass is 15.2. The van der Waals surface area contributed by atoms with Crippen LogP contribution in [0.4, 0.5) is 0 Å². The predicted octanol–water partition coefficient (Wildman–Crippen LogP) is 2.33. The van der Waals surface area contributed by atoms with E-state index < -0.39 is 0 Å². The number of hydrogen-bond acceptors (Lipinski definition) is 3. The number of aromatic nitrogens is 3. The largest absolute Gasteiger partial charge is 0.286 e. The fourth-order valence-corrected chi connectivity index (χ4v) is 1.71. The van der Waals surface area contributed by atoms with Crippen molar-refractivity contribution in [3.8, 4) is 6.07 Å². The molecule has 2 heterocycles. The molecule has 2 aromatic rings. The Morgan fingerprint density at radius 1 is 1.38 bits per heavy atom. The van der Waals surface area contributed by atoms with E-state index >= 15 is 0 Å². The zero-order valence-electron chi connectivity index (χ0n) is 9.35. The first-order valence-electron chi connectivity index (χ1n) is 5.59. The summed E-state index contributed by atoms with van der Waals surface area (Å²) in [4.78, 5) is 0. The van der Waals surface area contributed by atoms with Gasteiger partial charge in [0, 0.05) is 18.7 Å². The standard InChI is InChI=1S/C12H14N4/c1-2-3-4-5-11-14-15-12-8-10(9-13)6-7-16(11)12/h6-8H,2-5H2,1H3. The van der Waals surface area contributed by atoms with Crippen LogP contribution in [0.3, 0.4) is 0 Å². The van der Waals surface area contributed by atoms with E-state index in [0.717, 1.165) is 24.3 Å². The quantitative estimate of drug-likeness (QED) is 0.734. The Morgan fingerprint density at radius 2 is 2.25 bits per heavy atom. The summed E-state index contributed by atoms with van der Waals surface area (Å²) in [5, 5.41) is 17.0. The number of rotatable bonds is 4. The smallest absolute Gasteiger partial charge is 0.162 e. The Labute approximate surface area is 94.5 Å². The Morgan fingerprint density at radius 3 is 3.00 bits per heavy atom. The first kappa shape index (κ1) is 10.6. The minimum atomic E-state index is 0.625. The van der Waals surface area contributed by atoms with E-state index in [1.807, 2.05) is 10.6 Å². The van der Waals surface area contributed by atoms with Crippen LogP contribution in [-0.4, -0.2) is 14.6 Å². The first-order valence-corrected chi connectivity index (χ1v) is 5.59. The average molecular weight is 214 g/mol. The van der Waals surface area contributed by atoms with Crippen molar-refractivity contribution >= 4 is 5.65 Å². The van der Waals surface area contributed by atoms with Gasteiger partial charge in [0.25, 0.3) is 0 Å². The maximum absolute atomic E-state index is 8.77. The van der Waals surface area contributed by atoms with Crippen LogP contribution in [0.1, 0.15) is 37.6 Å². The number of hydrogen-bond donors (Lipinski definition) is 0. The fraction of sp³-hybridized carbons (Fsp3) is 0.417. The van der Waals surface area contributed by atoms with E-state index in [0.29, 0.717) is 5.56 Å². The molecule has 0 bridgehead atoms. The van der Waals surface area contributed by atoms with Crippen molar-refractivity contribution in [2.75, 3.05) is 0 Å². The van der Waals surface area contributed by atoms with Crippen molar-refractivity contribution in [1.82, 2.24) is 14.6 Å². The molecule has 0 aromatic carbocycles. The lowest BCUT2D eigenvalue weighted by molar-refractivity contribution is 0.688. The number of pyridine rings is 1. The normalized spacial score (nSPS) is 10.5. The lowest BCUT2D eigenvalue weighted by Crippen LogP contribution is -1.95. The zero-order chi connectivity index (χ0) is 11.4. The molecular formula is C12H14N4. The van der Waals surface area contributed by atoms with Crippen LogP contribution in [0.15, 0.2) is 18.3 Å². The molecule has 82 valence electrons. The number of nitriles is 1. The van der Waals surface area contributed by atoms with Gasteiger partial charge in [-0.1, -0.05) is 19.8 Å². The summed E-state index contributed by atoms with van der Waals surface area (Å²) in [5.41, 5.74) is 1.38. The van der Waals surface area contributed by atoms with Gasteiger partial charge in [-0.15, -0.1) is 10.2 Å². The zero-order valence-corrected chi connectivity index (χ0v) is 9.35. The van der Waals surface area contributed by atoms with Crippen LogP contribution < -0.4 is 0 Å². The first-order chi connectivity index (χ1) is 7.85. The number of aryl methyl sites for hydroxylation is 1. The number of nitrogens with zero attached hydrogens (tertiary/aromatic N) is 4. The van der Waals surface area contributed by atoms with E-state index in [9.17, 15) is 0 Å². The minimum absolute atomic E-state index is 0.625. The van der Waals surface area contributed by atoms with Gasteiger partial charge >= 0.3 is 0 Å². The molecule has 0 aliphatic rings. The molecule has 2 aromatic heterocycles. The molecule has 0 unspecified atom stereocenters. The average Bonchev–Trinajstić information content (AvgIpc) is 2.72. The van der Waals surface area contributed by atoms with Crippen molar-refractivity contribution in [3.05, 3.63) is 29.7 Å². The highest BCUT2D eigenvalue weighted by Gasteiger charge is 2.05. The van der Waals surface area contributed by atoms with Crippen molar-refractivity contribution in [1.29, 1.82) is 5.26 Å². The van der Waals surface area contributed by atoms with Crippen molar-refractivity contribution in [3.63, 3.8) is 0 Å². The molecule has 0 aliphatic carbocycles.